The average molecular weight is 220 g/mol. The van der Waals surface area contributed by atoms with Crippen LogP contribution in [0.25, 0.3) is 0 Å². The van der Waals surface area contributed by atoms with Crippen molar-refractivity contribution in [1.29, 1.82) is 0 Å². The fraction of sp³-hybridized carbons (Fsp3) is 0.333. The van der Waals surface area contributed by atoms with Crippen molar-refractivity contribution < 1.29 is 9.59 Å². The van der Waals surface area contributed by atoms with Crippen molar-refractivity contribution in [3.05, 3.63) is 29.8 Å². The molecule has 0 saturated heterocycles. The Balaban J connectivity index is 2.34. The molecule has 0 saturated carbocycles. The molecule has 0 heterocycles. The zero-order valence-corrected chi connectivity index (χ0v) is 9.32. The van der Waals surface area contributed by atoms with Gasteiger partial charge in [0.1, 0.15) is 0 Å². The van der Waals surface area contributed by atoms with E-state index in [4.69, 9.17) is 5.73 Å². The molecule has 0 radical (unpaired) electrons. The minimum absolute atomic E-state index is 0.0925. The van der Waals surface area contributed by atoms with Crippen LogP contribution >= 0.6 is 0 Å². The number of hydrogen-bond donors (Lipinski definition) is 2. The molecule has 0 aliphatic rings. The molecular formula is C12H16N2O2. The van der Waals surface area contributed by atoms with Crippen molar-refractivity contribution in [2.75, 3.05) is 5.32 Å². The van der Waals surface area contributed by atoms with E-state index >= 15 is 0 Å². The van der Waals surface area contributed by atoms with Gasteiger partial charge in [0.05, 0.1) is 0 Å². The van der Waals surface area contributed by atoms with Gasteiger partial charge in [-0.3, -0.25) is 9.59 Å². The summed E-state index contributed by atoms with van der Waals surface area (Å²) < 4.78 is 0. The standard InChI is InChI=1S/C12H16N2O2/c1-9-5-7-10(8-6-9)14-12(16)4-2-3-11(13)15/h5-8H,2-4H2,1H3,(H2,13,15)(H,14,16). The summed E-state index contributed by atoms with van der Waals surface area (Å²) >= 11 is 0. The molecule has 86 valence electrons. The lowest BCUT2D eigenvalue weighted by Gasteiger charge is -2.04. The summed E-state index contributed by atoms with van der Waals surface area (Å²) in [6, 6.07) is 7.56. The van der Waals surface area contributed by atoms with Crippen LogP contribution in [0.1, 0.15) is 24.8 Å². The van der Waals surface area contributed by atoms with E-state index in [9.17, 15) is 9.59 Å². The number of rotatable bonds is 5. The highest BCUT2D eigenvalue weighted by atomic mass is 16.2. The Morgan fingerprint density at radius 3 is 2.38 bits per heavy atom. The van der Waals surface area contributed by atoms with Crippen molar-refractivity contribution in [3.8, 4) is 0 Å². The Morgan fingerprint density at radius 2 is 1.81 bits per heavy atom. The largest absolute Gasteiger partial charge is 0.370 e. The SMILES string of the molecule is Cc1ccc(NC(=O)CCCC(N)=O)cc1. The second-order valence-electron chi connectivity index (χ2n) is 3.73. The van der Waals surface area contributed by atoms with Gasteiger partial charge >= 0.3 is 0 Å². The van der Waals surface area contributed by atoms with Gasteiger partial charge in [0.25, 0.3) is 0 Å². The van der Waals surface area contributed by atoms with Crippen LogP contribution in [0.4, 0.5) is 5.69 Å². The molecule has 2 amide bonds. The van der Waals surface area contributed by atoms with E-state index in [1.165, 1.54) is 0 Å². The molecule has 0 unspecified atom stereocenters. The van der Waals surface area contributed by atoms with E-state index < -0.39 is 0 Å². The normalized spacial score (nSPS) is 9.81. The maximum absolute atomic E-state index is 11.4. The Kier molecular flexibility index (Phi) is 4.51. The van der Waals surface area contributed by atoms with Crippen LogP contribution in [-0.2, 0) is 9.59 Å². The van der Waals surface area contributed by atoms with Gasteiger partial charge < -0.3 is 11.1 Å². The lowest BCUT2D eigenvalue weighted by molar-refractivity contribution is -0.118. The Bertz CT molecular complexity index is 371. The Hall–Kier alpha value is -1.84. The first kappa shape index (κ1) is 12.2. The third-order valence-electron chi connectivity index (χ3n) is 2.16. The Labute approximate surface area is 94.8 Å². The first-order valence-corrected chi connectivity index (χ1v) is 5.23. The molecule has 4 nitrogen and oxygen atoms in total. The maximum atomic E-state index is 11.4. The molecule has 0 aliphatic heterocycles. The lowest BCUT2D eigenvalue weighted by atomic mass is 10.2. The first-order valence-electron chi connectivity index (χ1n) is 5.23. The third-order valence-corrected chi connectivity index (χ3v) is 2.16. The second-order valence-corrected chi connectivity index (χ2v) is 3.73. The van der Waals surface area contributed by atoms with Crippen LogP contribution in [0.15, 0.2) is 24.3 Å². The van der Waals surface area contributed by atoms with Gasteiger partial charge in [-0.1, -0.05) is 17.7 Å². The van der Waals surface area contributed by atoms with Crippen molar-refractivity contribution >= 4 is 17.5 Å². The number of carbonyl (C=O) groups excluding carboxylic acids is 2. The minimum atomic E-state index is -0.372. The maximum Gasteiger partial charge on any atom is 0.224 e. The molecular weight excluding hydrogens is 204 g/mol. The molecule has 1 rings (SSSR count). The van der Waals surface area contributed by atoms with Gasteiger partial charge in [-0.25, -0.2) is 0 Å². The number of carbonyl (C=O) groups is 2. The number of benzene rings is 1. The number of aryl methyl sites for hydroxylation is 1. The fourth-order valence-corrected chi connectivity index (χ4v) is 1.28. The summed E-state index contributed by atoms with van der Waals surface area (Å²) in [5, 5.41) is 2.75. The van der Waals surface area contributed by atoms with Crippen LogP contribution in [-0.4, -0.2) is 11.8 Å². The summed E-state index contributed by atoms with van der Waals surface area (Å²) in [5.41, 5.74) is 6.90. The van der Waals surface area contributed by atoms with E-state index in [1.54, 1.807) is 0 Å². The van der Waals surface area contributed by atoms with E-state index in [0.717, 1.165) is 11.3 Å². The number of amides is 2. The summed E-state index contributed by atoms with van der Waals surface area (Å²) in [6.07, 6.45) is 1.06. The van der Waals surface area contributed by atoms with Gasteiger partial charge in [0, 0.05) is 18.5 Å². The van der Waals surface area contributed by atoms with Crippen LogP contribution in [0.3, 0.4) is 0 Å². The van der Waals surface area contributed by atoms with Crippen molar-refractivity contribution in [1.82, 2.24) is 0 Å². The first-order chi connectivity index (χ1) is 7.58. The van der Waals surface area contributed by atoms with E-state index in [1.807, 2.05) is 31.2 Å². The van der Waals surface area contributed by atoms with Gasteiger partial charge in [-0.05, 0) is 25.5 Å². The third kappa shape index (κ3) is 4.59. The van der Waals surface area contributed by atoms with Gasteiger partial charge in [-0.2, -0.15) is 0 Å². The molecule has 3 N–H and O–H groups in total. The zero-order valence-electron chi connectivity index (χ0n) is 9.32. The van der Waals surface area contributed by atoms with Crippen molar-refractivity contribution in [2.45, 2.75) is 26.2 Å². The number of nitrogens with one attached hydrogen (secondary N) is 1. The van der Waals surface area contributed by atoms with Crippen LogP contribution in [0, 0.1) is 6.92 Å². The average Bonchev–Trinajstić information content (AvgIpc) is 2.21. The topological polar surface area (TPSA) is 72.2 Å². The van der Waals surface area contributed by atoms with Crippen LogP contribution in [0.2, 0.25) is 0 Å². The predicted octanol–water partition coefficient (Wildman–Crippen LogP) is 1.59. The Morgan fingerprint density at radius 1 is 1.19 bits per heavy atom. The highest BCUT2D eigenvalue weighted by Crippen LogP contribution is 2.09. The monoisotopic (exact) mass is 220 g/mol. The fourth-order valence-electron chi connectivity index (χ4n) is 1.28. The van der Waals surface area contributed by atoms with Gasteiger partial charge in [-0.15, -0.1) is 0 Å². The van der Waals surface area contributed by atoms with Gasteiger partial charge in [0.15, 0.2) is 0 Å². The number of hydrogen-bond acceptors (Lipinski definition) is 2. The van der Waals surface area contributed by atoms with E-state index in [2.05, 4.69) is 5.32 Å². The lowest BCUT2D eigenvalue weighted by Crippen LogP contribution is -2.14. The van der Waals surface area contributed by atoms with Gasteiger partial charge in [0.2, 0.25) is 11.8 Å². The second kappa shape index (κ2) is 5.90. The number of nitrogens with two attached hydrogens (primary N) is 1. The van der Waals surface area contributed by atoms with Crippen LogP contribution in [0.5, 0.6) is 0 Å². The molecule has 1 aromatic carbocycles. The smallest absolute Gasteiger partial charge is 0.224 e. The molecule has 0 fully saturated rings. The molecule has 0 bridgehead atoms. The molecule has 0 atom stereocenters. The molecule has 0 spiro atoms. The highest BCUT2D eigenvalue weighted by molar-refractivity contribution is 5.90. The highest BCUT2D eigenvalue weighted by Gasteiger charge is 2.03. The molecule has 1 aromatic rings. The quantitative estimate of drug-likeness (QED) is 0.790. The zero-order chi connectivity index (χ0) is 12.0. The van der Waals surface area contributed by atoms with Crippen molar-refractivity contribution in [2.24, 2.45) is 5.73 Å². The molecule has 0 aliphatic carbocycles. The molecule has 4 heteroatoms. The summed E-state index contributed by atoms with van der Waals surface area (Å²) in [5.74, 6) is -0.465. The number of primary amides is 1. The number of anilines is 1. The molecule has 0 aromatic heterocycles. The summed E-state index contributed by atoms with van der Waals surface area (Å²) in [6.45, 7) is 1.98. The van der Waals surface area contributed by atoms with Crippen molar-refractivity contribution in [3.63, 3.8) is 0 Å². The predicted molar refractivity (Wildman–Crippen MR) is 62.9 cm³/mol. The van der Waals surface area contributed by atoms with E-state index in [0.29, 0.717) is 12.8 Å². The molecule has 16 heavy (non-hydrogen) atoms. The van der Waals surface area contributed by atoms with E-state index in [-0.39, 0.29) is 18.2 Å². The van der Waals surface area contributed by atoms with Crippen LogP contribution < -0.4 is 11.1 Å². The summed E-state index contributed by atoms with van der Waals surface area (Å²) in [4.78, 5) is 21.9. The summed E-state index contributed by atoms with van der Waals surface area (Å²) in [7, 11) is 0. The minimum Gasteiger partial charge on any atom is -0.370 e.